The van der Waals surface area contributed by atoms with Crippen LogP contribution in [-0.4, -0.2) is 21.3 Å². The monoisotopic (exact) mass is 265 g/mol. The summed E-state index contributed by atoms with van der Waals surface area (Å²) in [7, 11) is 1.76. The summed E-state index contributed by atoms with van der Waals surface area (Å²) in [4.78, 5) is 10.8. The van der Waals surface area contributed by atoms with Crippen molar-refractivity contribution >= 4 is 22.2 Å². The Labute approximate surface area is 95.0 Å². The molecule has 0 aliphatic heterocycles. The van der Waals surface area contributed by atoms with Crippen LogP contribution in [0.1, 0.15) is 10.5 Å². The Hall–Kier alpha value is -1.49. The lowest BCUT2D eigenvalue weighted by atomic mass is 10.1. The summed E-state index contributed by atoms with van der Waals surface area (Å²) >= 11 is 3.38. The van der Waals surface area contributed by atoms with E-state index in [9.17, 15) is 4.79 Å². The molecule has 0 fully saturated rings. The number of carbonyl (C=O) groups is 1. The van der Waals surface area contributed by atoms with Crippen molar-refractivity contribution in [3.63, 3.8) is 0 Å². The molecule has 0 spiro atoms. The van der Waals surface area contributed by atoms with Gasteiger partial charge in [0.15, 0.2) is 12.0 Å². The molecule has 76 valence electrons. The molecule has 0 unspecified atom stereocenters. The minimum absolute atomic E-state index is 0.357. The third-order valence-electron chi connectivity index (χ3n) is 2.06. The van der Waals surface area contributed by atoms with Gasteiger partial charge in [-0.3, -0.25) is 4.79 Å². The van der Waals surface area contributed by atoms with Gasteiger partial charge in [0.1, 0.15) is 0 Å². The van der Waals surface area contributed by atoms with Crippen molar-refractivity contribution in [1.82, 2.24) is 15.0 Å². The molecule has 1 heterocycles. The second-order valence-corrected chi connectivity index (χ2v) is 3.99. The van der Waals surface area contributed by atoms with Gasteiger partial charge in [-0.25, -0.2) is 4.68 Å². The molecule has 0 aliphatic carbocycles. The van der Waals surface area contributed by atoms with E-state index >= 15 is 0 Å². The molecule has 0 N–H and O–H groups in total. The molecular formula is C10H8BrN3O. The van der Waals surface area contributed by atoms with Crippen LogP contribution in [0.25, 0.3) is 11.3 Å². The van der Waals surface area contributed by atoms with Crippen molar-refractivity contribution in [2.24, 2.45) is 7.05 Å². The normalized spacial score (nSPS) is 10.3. The first-order valence-corrected chi connectivity index (χ1v) is 5.12. The maximum atomic E-state index is 10.8. The molecule has 0 saturated carbocycles. The average Bonchev–Trinajstić information content (AvgIpc) is 2.59. The number of carbonyl (C=O) groups excluding carboxylic acids is 1. The molecule has 5 heteroatoms. The van der Waals surface area contributed by atoms with Crippen LogP contribution in [0.2, 0.25) is 0 Å². The summed E-state index contributed by atoms with van der Waals surface area (Å²) in [6, 6.07) is 7.66. The highest BCUT2D eigenvalue weighted by molar-refractivity contribution is 9.10. The van der Waals surface area contributed by atoms with E-state index < -0.39 is 0 Å². The zero-order valence-corrected chi connectivity index (χ0v) is 9.60. The van der Waals surface area contributed by atoms with Gasteiger partial charge >= 0.3 is 0 Å². The summed E-state index contributed by atoms with van der Waals surface area (Å²) in [5, 5.41) is 7.58. The summed E-state index contributed by atoms with van der Waals surface area (Å²) in [6.45, 7) is 0. The Balaban J connectivity index is 2.62. The van der Waals surface area contributed by atoms with Crippen LogP contribution in [0, 0.1) is 0 Å². The number of hydrogen-bond donors (Lipinski definition) is 0. The molecule has 2 rings (SSSR count). The van der Waals surface area contributed by atoms with Crippen LogP contribution in [0.3, 0.4) is 0 Å². The van der Waals surface area contributed by atoms with E-state index in [1.165, 1.54) is 0 Å². The van der Waals surface area contributed by atoms with Crippen LogP contribution in [0.5, 0.6) is 0 Å². The average molecular weight is 266 g/mol. The van der Waals surface area contributed by atoms with E-state index in [1.807, 2.05) is 24.3 Å². The number of aldehydes is 1. The van der Waals surface area contributed by atoms with Crippen LogP contribution in [-0.2, 0) is 7.05 Å². The summed E-state index contributed by atoms with van der Waals surface area (Å²) < 4.78 is 2.55. The van der Waals surface area contributed by atoms with Gasteiger partial charge in [0.05, 0.1) is 5.69 Å². The molecule has 0 amide bonds. The first-order valence-electron chi connectivity index (χ1n) is 4.33. The number of halogens is 1. The molecule has 0 bridgehead atoms. The first kappa shape index (κ1) is 10.0. The van der Waals surface area contributed by atoms with E-state index in [-0.39, 0.29) is 0 Å². The smallest absolute Gasteiger partial charge is 0.172 e. The fourth-order valence-electron chi connectivity index (χ4n) is 1.42. The van der Waals surface area contributed by atoms with E-state index in [0.29, 0.717) is 12.0 Å². The number of nitrogens with zero attached hydrogens (tertiary/aromatic N) is 3. The molecule has 15 heavy (non-hydrogen) atoms. The molecule has 0 radical (unpaired) electrons. The van der Waals surface area contributed by atoms with Crippen LogP contribution in [0.15, 0.2) is 28.7 Å². The predicted molar refractivity (Wildman–Crippen MR) is 59.5 cm³/mol. The van der Waals surface area contributed by atoms with Crippen LogP contribution < -0.4 is 0 Å². The van der Waals surface area contributed by atoms with Crippen molar-refractivity contribution in [1.29, 1.82) is 0 Å². The fraction of sp³-hybridized carbons (Fsp3) is 0.100. The van der Waals surface area contributed by atoms with Crippen molar-refractivity contribution < 1.29 is 4.79 Å². The van der Waals surface area contributed by atoms with E-state index in [1.54, 1.807) is 11.7 Å². The van der Waals surface area contributed by atoms with Crippen LogP contribution >= 0.6 is 15.9 Å². The topological polar surface area (TPSA) is 47.8 Å². The van der Waals surface area contributed by atoms with Gasteiger partial charge in [0.25, 0.3) is 0 Å². The molecule has 0 aliphatic rings. The van der Waals surface area contributed by atoms with Gasteiger partial charge in [-0.1, -0.05) is 33.3 Å². The zero-order valence-electron chi connectivity index (χ0n) is 8.01. The highest BCUT2D eigenvalue weighted by Gasteiger charge is 2.11. The molecule has 1 aromatic heterocycles. The van der Waals surface area contributed by atoms with Crippen molar-refractivity contribution in [3.8, 4) is 11.3 Å². The van der Waals surface area contributed by atoms with Gasteiger partial charge in [-0.15, -0.1) is 5.10 Å². The summed E-state index contributed by atoms with van der Waals surface area (Å²) in [6.07, 6.45) is 0.712. The minimum atomic E-state index is 0.357. The zero-order chi connectivity index (χ0) is 10.8. The lowest BCUT2D eigenvalue weighted by Crippen LogP contribution is -1.95. The highest BCUT2D eigenvalue weighted by atomic mass is 79.9. The first-order chi connectivity index (χ1) is 7.22. The predicted octanol–water partition coefficient (Wildman–Crippen LogP) is 2.06. The number of aryl methyl sites for hydroxylation is 1. The third-order valence-corrected chi connectivity index (χ3v) is 2.56. The van der Waals surface area contributed by atoms with Crippen LogP contribution in [0.4, 0.5) is 0 Å². The standard InChI is InChI=1S/C10H8BrN3O/c1-14-10(9(6-15)12-13-14)7-3-2-4-8(11)5-7/h2-6H,1H3. The fourth-order valence-corrected chi connectivity index (χ4v) is 1.82. The van der Waals surface area contributed by atoms with Gasteiger partial charge in [-0.05, 0) is 12.1 Å². The molecule has 1 aromatic carbocycles. The Morgan fingerprint density at radius 2 is 2.27 bits per heavy atom. The summed E-state index contributed by atoms with van der Waals surface area (Å²) in [5.41, 5.74) is 2.00. The van der Waals surface area contributed by atoms with Gasteiger partial charge in [0.2, 0.25) is 0 Å². The molecule has 4 nitrogen and oxygen atoms in total. The number of aromatic nitrogens is 3. The van der Waals surface area contributed by atoms with Gasteiger partial charge < -0.3 is 0 Å². The highest BCUT2D eigenvalue weighted by Crippen LogP contribution is 2.23. The Morgan fingerprint density at radius 1 is 1.47 bits per heavy atom. The number of benzene rings is 1. The molecule has 0 saturated heterocycles. The lowest BCUT2D eigenvalue weighted by molar-refractivity contribution is 0.111. The van der Waals surface area contributed by atoms with E-state index in [4.69, 9.17) is 0 Å². The summed E-state index contributed by atoms with van der Waals surface area (Å²) in [5.74, 6) is 0. The Morgan fingerprint density at radius 3 is 2.93 bits per heavy atom. The third kappa shape index (κ3) is 1.83. The maximum Gasteiger partial charge on any atom is 0.172 e. The van der Waals surface area contributed by atoms with E-state index in [0.717, 1.165) is 15.7 Å². The Kier molecular flexibility index (Phi) is 2.64. The minimum Gasteiger partial charge on any atom is -0.296 e. The number of hydrogen-bond acceptors (Lipinski definition) is 3. The maximum absolute atomic E-state index is 10.8. The second-order valence-electron chi connectivity index (χ2n) is 3.08. The molecule has 2 aromatic rings. The van der Waals surface area contributed by atoms with Gasteiger partial charge in [-0.2, -0.15) is 0 Å². The second kappa shape index (κ2) is 3.94. The molecular weight excluding hydrogens is 258 g/mol. The SMILES string of the molecule is Cn1nnc(C=O)c1-c1cccc(Br)c1. The number of rotatable bonds is 2. The van der Waals surface area contributed by atoms with Gasteiger partial charge in [0, 0.05) is 17.1 Å². The quantitative estimate of drug-likeness (QED) is 0.781. The van der Waals surface area contributed by atoms with Crippen molar-refractivity contribution in [3.05, 3.63) is 34.4 Å². The molecule has 0 atom stereocenters. The van der Waals surface area contributed by atoms with Crippen molar-refractivity contribution in [2.45, 2.75) is 0 Å². The van der Waals surface area contributed by atoms with E-state index in [2.05, 4.69) is 26.2 Å². The lowest BCUT2D eigenvalue weighted by Gasteiger charge is -2.01. The van der Waals surface area contributed by atoms with Crippen molar-refractivity contribution in [2.75, 3.05) is 0 Å². The largest absolute Gasteiger partial charge is 0.296 e. The Bertz CT molecular complexity index is 507.